The van der Waals surface area contributed by atoms with Crippen LogP contribution in [0.5, 0.6) is 11.5 Å². The lowest BCUT2D eigenvalue weighted by atomic mass is 10.1. The van der Waals surface area contributed by atoms with Crippen LogP contribution < -0.4 is 14.8 Å². The van der Waals surface area contributed by atoms with Crippen LogP contribution in [0.2, 0.25) is 0 Å². The van der Waals surface area contributed by atoms with Crippen molar-refractivity contribution in [2.24, 2.45) is 0 Å². The Morgan fingerprint density at radius 2 is 1.92 bits per heavy atom. The number of nitrogens with zero attached hydrogens (tertiary/aromatic N) is 1. The van der Waals surface area contributed by atoms with Gasteiger partial charge < -0.3 is 19.5 Å². The molecule has 1 aliphatic heterocycles. The van der Waals surface area contributed by atoms with Crippen molar-refractivity contribution < 1.29 is 19.0 Å². The van der Waals surface area contributed by atoms with Gasteiger partial charge in [-0.2, -0.15) is 0 Å². The normalized spacial score (nSPS) is 17.3. The predicted molar refractivity (Wildman–Crippen MR) is 92.6 cm³/mol. The molecule has 6 heteroatoms. The molecule has 1 aliphatic rings. The third-order valence-corrected chi connectivity index (χ3v) is 3.70. The van der Waals surface area contributed by atoms with E-state index in [4.69, 9.17) is 14.2 Å². The van der Waals surface area contributed by atoms with Crippen molar-refractivity contribution >= 4 is 5.91 Å². The molecule has 1 heterocycles. The summed E-state index contributed by atoms with van der Waals surface area (Å²) in [6.45, 7) is 10.2. The number of hydrogen-bond donors (Lipinski definition) is 1. The van der Waals surface area contributed by atoms with Crippen molar-refractivity contribution in [2.45, 2.75) is 26.4 Å². The van der Waals surface area contributed by atoms with Gasteiger partial charge in [-0.1, -0.05) is 0 Å². The summed E-state index contributed by atoms with van der Waals surface area (Å²) in [5.74, 6) is 1.61. The molecule has 0 aliphatic carbocycles. The fourth-order valence-electron chi connectivity index (χ4n) is 2.67. The Morgan fingerprint density at radius 3 is 2.54 bits per heavy atom. The fourth-order valence-corrected chi connectivity index (χ4v) is 2.67. The molecule has 1 fully saturated rings. The van der Waals surface area contributed by atoms with Gasteiger partial charge in [0.1, 0.15) is 18.1 Å². The Kier molecular flexibility index (Phi) is 6.87. The van der Waals surface area contributed by atoms with Gasteiger partial charge in [0.2, 0.25) is 5.91 Å². The maximum absolute atomic E-state index is 12.0. The van der Waals surface area contributed by atoms with E-state index >= 15 is 0 Å². The number of rotatable bonds is 8. The lowest BCUT2D eigenvalue weighted by Gasteiger charge is -2.37. The van der Waals surface area contributed by atoms with Crippen molar-refractivity contribution in [1.82, 2.24) is 10.2 Å². The number of nitrogens with one attached hydrogen (secondary N) is 1. The number of benzene rings is 1. The summed E-state index contributed by atoms with van der Waals surface area (Å²) in [7, 11) is 0. The standard InChI is InChI=1S/C18H28N2O4/c1-4-22-15-5-7-16(8-6-15)23-11-9-19-17(21)13-20-10-12-24-18(2,3)14-20/h5-8H,4,9-14H2,1-3H3,(H,19,21). The van der Waals surface area contributed by atoms with E-state index in [1.165, 1.54) is 0 Å². The quantitative estimate of drug-likeness (QED) is 0.732. The fraction of sp³-hybridized carbons (Fsp3) is 0.611. The molecule has 0 aromatic heterocycles. The van der Waals surface area contributed by atoms with Gasteiger partial charge in [0.15, 0.2) is 0 Å². The predicted octanol–water partition coefficient (Wildman–Crippen LogP) is 1.69. The summed E-state index contributed by atoms with van der Waals surface area (Å²) < 4.78 is 16.6. The molecule has 24 heavy (non-hydrogen) atoms. The molecule has 1 N–H and O–H groups in total. The minimum absolute atomic E-state index is 0.0167. The highest BCUT2D eigenvalue weighted by Crippen LogP contribution is 2.17. The van der Waals surface area contributed by atoms with Gasteiger partial charge in [-0.3, -0.25) is 9.69 Å². The molecule has 134 valence electrons. The van der Waals surface area contributed by atoms with Crippen molar-refractivity contribution in [3.05, 3.63) is 24.3 Å². The Hall–Kier alpha value is -1.79. The first-order valence-electron chi connectivity index (χ1n) is 8.47. The molecule has 0 atom stereocenters. The molecule has 1 aromatic rings. The second-order valence-electron chi connectivity index (χ2n) is 6.42. The monoisotopic (exact) mass is 336 g/mol. The molecule has 6 nitrogen and oxygen atoms in total. The van der Waals surface area contributed by atoms with Crippen molar-refractivity contribution in [3.63, 3.8) is 0 Å². The third-order valence-electron chi connectivity index (χ3n) is 3.70. The van der Waals surface area contributed by atoms with Crippen molar-refractivity contribution in [1.29, 1.82) is 0 Å². The van der Waals surface area contributed by atoms with E-state index in [0.29, 0.717) is 32.9 Å². The van der Waals surface area contributed by atoms with E-state index in [0.717, 1.165) is 24.6 Å². The number of hydrogen-bond acceptors (Lipinski definition) is 5. The highest BCUT2D eigenvalue weighted by atomic mass is 16.5. The first kappa shape index (κ1) is 18.5. The maximum atomic E-state index is 12.0. The first-order chi connectivity index (χ1) is 11.5. The molecule has 2 rings (SSSR count). The average Bonchev–Trinajstić information content (AvgIpc) is 2.52. The van der Waals surface area contributed by atoms with Crippen LogP contribution >= 0.6 is 0 Å². The SMILES string of the molecule is CCOc1ccc(OCCNC(=O)CN2CCOC(C)(C)C2)cc1. The summed E-state index contributed by atoms with van der Waals surface area (Å²) in [5, 5.41) is 2.89. The second kappa shape index (κ2) is 8.89. The van der Waals surface area contributed by atoms with Gasteiger partial charge in [-0.25, -0.2) is 0 Å². The Balaban J connectivity index is 1.62. The van der Waals surface area contributed by atoms with E-state index in [1.54, 1.807) is 0 Å². The minimum atomic E-state index is -0.185. The lowest BCUT2D eigenvalue weighted by molar-refractivity contribution is -0.127. The highest BCUT2D eigenvalue weighted by molar-refractivity contribution is 5.78. The third kappa shape index (κ3) is 6.37. The second-order valence-corrected chi connectivity index (χ2v) is 6.42. The molecule has 0 spiro atoms. The van der Waals surface area contributed by atoms with Crippen LogP contribution in [0.25, 0.3) is 0 Å². The first-order valence-corrected chi connectivity index (χ1v) is 8.47. The zero-order valence-electron chi connectivity index (χ0n) is 14.8. The number of ether oxygens (including phenoxy) is 3. The molecular formula is C18H28N2O4. The Bertz CT molecular complexity index is 516. The zero-order chi connectivity index (χ0) is 17.4. The smallest absolute Gasteiger partial charge is 0.234 e. The van der Waals surface area contributed by atoms with Crippen LogP contribution in [0.3, 0.4) is 0 Å². The summed E-state index contributed by atoms with van der Waals surface area (Å²) >= 11 is 0. The molecule has 1 saturated heterocycles. The number of amides is 1. The van der Waals surface area contributed by atoms with Crippen LogP contribution in [-0.4, -0.2) is 62.4 Å². The Labute approximate surface area is 144 Å². The van der Waals surface area contributed by atoms with Crippen LogP contribution in [0.1, 0.15) is 20.8 Å². The minimum Gasteiger partial charge on any atom is -0.494 e. The molecule has 1 amide bonds. The van der Waals surface area contributed by atoms with Crippen LogP contribution in [0, 0.1) is 0 Å². The maximum Gasteiger partial charge on any atom is 0.234 e. The topological polar surface area (TPSA) is 60.0 Å². The van der Waals surface area contributed by atoms with Crippen LogP contribution in [0.4, 0.5) is 0 Å². The van der Waals surface area contributed by atoms with Gasteiger partial charge in [0.05, 0.1) is 31.9 Å². The molecule has 1 aromatic carbocycles. The molecule has 0 bridgehead atoms. The Morgan fingerprint density at radius 1 is 1.25 bits per heavy atom. The summed E-state index contributed by atoms with van der Waals surface area (Å²) in [6, 6.07) is 7.47. The van der Waals surface area contributed by atoms with Gasteiger partial charge in [0, 0.05) is 13.1 Å². The average molecular weight is 336 g/mol. The zero-order valence-corrected chi connectivity index (χ0v) is 14.8. The lowest BCUT2D eigenvalue weighted by Crippen LogP contribution is -2.51. The summed E-state index contributed by atoms with van der Waals surface area (Å²) in [4.78, 5) is 14.1. The van der Waals surface area contributed by atoms with E-state index in [9.17, 15) is 4.79 Å². The molecule has 0 unspecified atom stereocenters. The van der Waals surface area contributed by atoms with Crippen LogP contribution in [0.15, 0.2) is 24.3 Å². The number of carbonyl (C=O) groups excluding carboxylic acids is 1. The number of carbonyl (C=O) groups is 1. The molecular weight excluding hydrogens is 308 g/mol. The van der Waals surface area contributed by atoms with Gasteiger partial charge in [0.25, 0.3) is 0 Å². The van der Waals surface area contributed by atoms with Crippen molar-refractivity contribution in [3.8, 4) is 11.5 Å². The van der Waals surface area contributed by atoms with E-state index in [1.807, 2.05) is 45.0 Å². The van der Waals surface area contributed by atoms with Crippen molar-refractivity contribution in [2.75, 3.05) is 46.0 Å². The van der Waals surface area contributed by atoms with Gasteiger partial charge >= 0.3 is 0 Å². The molecule has 0 saturated carbocycles. The van der Waals surface area contributed by atoms with Gasteiger partial charge in [-0.15, -0.1) is 0 Å². The van der Waals surface area contributed by atoms with E-state index in [2.05, 4.69) is 10.2 Å². The largest absolute Gasteiger partial charge is 0.494 e. The molecule has 0 radical (unpaired) electrons. The van der Waals surface area contributed by atoms with Gasteiger partial charge in [-0.05, 0) is 45.0 Å². The van der Waals surface area contributed by atoms with E-state index in [-0.39, 0.29) is 11.5 Å². The van der Waals surface area contributed by atoms with Crippen LogP contribution in [-0.2, 0) is 9.53 Å². The number of morpholine rings is 1. The van der Waals surface area contributed by atoms with E-state index < -0.39 is 0 Å². The summed E-state index contributed by atoms with van der Waals surface area (Å²) in [6.07, 6.45) is 0. The highest BCUT2D eigenvalue weighted by Gasteiger charge is 2.27. The summed E-state index contributed by atoms with van der Waals surface area (Å²) in [5.41, 5.74) is -0.185.